The third-order valence-electron chi connectivity index (χ3n) is 4.90. The van der Waals surface area contributed by atoms with Gasteiger partial charge in [-0.2, -0.15) is 5.26 Å². The zero-order valence-corrected chi connectivity index (χ0v) is 16.5. The minimum atomic E-state index is -0.443. The van der Waals surface area contributed by atoms with Gasteiger partial charge in [-0.15, -0.1) is 11.3 Å². The van der Waals surface area contributed by atoms with Crippen molar-refractivity contribution in [3.63, 3.8) is 0 Å². The van der Waals surface area contributed by atoms with Crippen molar-refractivity contribution in [1.29, 1.82) is 5.26 Å². The molecule has 0 aliphatic rings. The van der Waals surface area contributed by atoms with Gasteiger partial charge in [0, 0.05) is 10.8 Å². The Hall–Kier alpha value is -4.01. The largest absolute Gasteiger partial charge is 0.422 e. The third kappa shape index (κ3) is 3.20. The zero-order valence-electron chi connectivity index (χ0n) is 15.7. The molecule has 2 aromatic heterocycles. The van der Waals surface area contributed by atoms with Gasteiger partial charge in [0.25, 0.3) is 0 Å². The molecule has 0 bridgehead atoms. The Kier molecular flexibility index (Phi) is 4.47. The predicted molar refractivity (Wildman–Crippen MR) is 121 cm³/mol. The molecule has 5 rings (SSSR count). The molecule has 0 spiro atoms. The summed E-state index contributed by atoms with van der Waals surface area (Å²) in [5.41, 5.74) is 2.39. The molecule has 2 heterocycles. The van der Waals surface area contributed by atoms with Crippen LogP contribution in [0, 0.1) is 11.3 Å². The fourth-order valence-corrected chi connectivity index (χ4v) is 4.22. The van der Waals surface area contributed by atoms with Crippen LogP contribution in [0.3, 0.4) is 0 Å². The molecule has 5 aromatic rings. The van der Waals surface area contributed by atoms with Crippen LogP contribution in [-0.2, 0) is 0 Å². The molecule has 4 nitrogen and oxygen atoms in total. The Morgan fingerprint density at radius 2 is 1.77 bits per heavy atom. The maximum atomic E-state index is 12.4. The smallest absolute Gasteiger partial charge is 0.345 e. The van der Waals surface area contributed by atoms with Gasteiger partial charge in [-0.3, -0.25) is 0 Å². The van der Waals surface area contributed by atoms with E-state index in [-0.39, 0.29) is 0 Å². The molecule has 0 saturated heterocycles. The van der Waals surface area contributed by atoms with Crippen molar-refractivity contribution >= 4 is 44.7 Å². The van der Waals surface area contributed by atoms with Gasteiger partial charge < -0.3 is 4.42 Å². The number of nitriles is 1. The highest BCUT2D eigenvalue weighted by Gasteiger charge is 2.14. The Balaban J connectivity index is 1.59. The molecule has 0 aliphatic carbocycles. The lowest BCUT2D eigenvalue weighted by Crippen LogP contribution is -2.02. The fourth-order valence-electron chi connectivity index (χ4n) is 3.44. The number of hydrogen-bond acceptors (Lipinski definition) is 5. The van der Waals surface area contributed by atoms with Gasteiger partial charge in [0.2, 0.25) is 0 Å². The lowest BCUT2D eigenvalue weighted by atomic mass is 10.0. The Labute approximate surface area is 176 Å². The fraction of sp³-hybridized carbons (Fsp3) is 0. The number of hydrogen-bond donors (Lipinski definition) is 0. The van der Waals surface area contributed by atoms with Crippen molar-refractivity contribution in [2.45, 2.75) is 0 Å². The lowest BCUT2D eigenvalue weighted by molar-refractivity contribution is 0.563. The molecule has 0 atom stereocenters. The number of para-hydroxylation sites is 1. The van der Waals surface area contributed by atoms with Crippen molar-refractivity contribution in [3.05, 3.63) is 99.2 Å². The summed E-state index contributed by atoms with van der Waals surface area (Å²) in [7, 11) is 0. The van der Waals surface area contributed by atoms with Crippen LogP contribution in [0.25, 0.3) is 44.6 Å². The minimum Gasteiger partial charge on any atom is -0.422 e. The molecular weight excluding hydrogens is 392 g/mol. The molecule has 3 aromatic carbocycles. The monoisotopic (exact) mass is 406 g/mol. The topological polar surface area (TPSA) is 66.9 Å². The number of benzene rings is 3. The summed E-state index contributed by atoms with van der Waals surface area (Å²) in [6.45, 7) is 0. The summed E-state index contributed by atoms with van der Waals surface area (Å²) < 4.78 is 5.42. The first-order valence-corrected chi connectivity index (χ1v) is 10.2. The molecule has 0 amide bonds. The highest BCUT2D eigenvalue weighted by molar-refractivity contribution is 7.11. The molecule has 0 aliphatic heterocycles. The van der Waals surface area contributed by atoms with Crippen molar-refractivity contribution in [2.24, 2.45) is 0 Å². The van der Waals surface area contributed by atoms with Gasteiger partial charge in [0.15, 0.2) is 0 Å². The lowest BCUT2D eigenvalue weighted by Gasteiger charge is -2.02. The van der Waals surface area contributed by atoms with Crippen LogP contribution in [0.2, 0.25) is 0 Å². The molecule has 142 valence electrons. The summed E-state index contributed by atoms with van der Waals surface area (Å²) >= 11 is 1.33. The molecule has 0 unspecified atom stereocenters. The van der Waals surface area contributed by atoms with Gasteiger partial charge in [0.1, 0.15) is 16.7 Å². The minimum absolute atomic E-state index is 0.388. The van der Waals surface area contributed by atoms with Crippen LogP contribution < -0.4 is 5.63 Å². The standard InChI is InChI=1S/C25H14N2O2S/c26-14-19(12-17-9-5-8-16-6-1-3-10-20(16)17)24-27-22(15-30-24)21-13-18-7-2-4-11-23(18)29-25(21)28/h1-13,15H/b19-12-. The van der Waals surface area contributed by atoms with Crippen LogP contribution in [-0.4, -0.2) is 4.98 Å². The third-order valence-corrected chi connectivity index (χ3v) is 5.77. The van der Waals surface area contributed by atoms with Gasteiger partial charge in [-0.25, -0.2) is 9.78 Å². The second-order valence-electron chi connectivity index (χ2n) is 6.76. The molecule has 0 N–H and O–H groups in total. The Morgan fingerprint density at radius 3 is 2.63 bits per heavy atom. The summed E-state index contributed by atoms with van der Waals surface area (Å²) in [6, 6.07) is 25.4. The van der Waals surface area contributed by atoms with E-state index in [1.165, 1.54) is 11.3 Å². The van der Waals surface area contributed by atoms with Crippen molar-refractivity contribution in [1.82, 2.24) is 4.98 Å². The number of nitrogens with zero attached hydrogens (tertiary/aromatic N) is 2. The highest BCUT2D eigenvalue weighted by atomic mass is 32.1. The Bertz CT molecular complexity index is 1530. The molecule has 0 radical (unpaired) electrons. The van der Waals surface area contributed by atoms with Crippen molar-refractivity contribution < 1.29 is 4.42 Å². The predicted octanol–water partition coefficient (Wildman–Crippen LogP) is 6.13. The summed E-state index contributed by atoms with van der Waals surface area (Å²) in [4.78, 5) is 17.0. The van der Waals surface area contributed by atoms with Crippen LogP contribution in [0.1, 0.15) is 10.6 Å². The van der Waals surface area contributed by atoms with Gasteiger partial charge in [-0.05, 0) is 34.5 Å². The van der Waals surface area contributed by atoms with Crippen LogP contribution in [0.15, 0.2) is 87.4 Å². The highest BCUT2D eigenvalue weighted by Crippen LogP contribution is 2.29. The number of allylic oxidation sites excluding steroid dienone is 1. The first-order valence-electron chi connectivity index (χ1n) is 9.32. The van der Waals surface area contributed by atoms with E-state index in [0.717, 1.165) is 21.7 Å². The van der Waals surface area contributed by atoms with Gasteiger partial charge >= 0.3 is 5.63 Å². The summed E-state index contributed by atoms with van der Waals surface area (Å²) in [6.07, 6.45) is 1.84. The second-order valence-corrected chi connectivity index (χ2v) is 7.62. The van der Waals surface area contributed by atoms with E-state index in [2.05, 4.69) is 11.1 Å². The normalized spacial score (nSPS) is 11.6. The number of thiazole rings is 1. The van der Waals surface area contributed by atoms with E-state index in [9.17, 15) is 10.1 Å². The molecule has 30 heavy (non-hydrogen) atoms. The number of aromatic nitrogens is 1. The summed E-state index contributed by atoms with van der Waals surface area (Å²) in [5, 5.41) is 15.1. The van der Waals surface area contributed by atoms with E-state index >= 15 is 0 Å². The summed E-state index contributed by atoms with van der Waals surface area (Å²) in [5.74, 6) is 0. The van der Waals surface area contributed by atoms with Crippen LogP contribution in [0.5, 0.6) is 0 Å². The SMILES string of the molecule is N#C/C(=C/c1cccc2ccccc12)c1nc(-c2cc3ccccc3oc2=O)cs1. The van der Waals surface area contributed by atoms with Gasteiger partial charge in [-0.1, -0.05) is 60.7 Å². The maximum Gasteiger partial charge on any atom is 0.345 e. The number of fused-ring (bicyclic) bond motifs is 2. The Morgan fingerprint density at radius 1 is 1.00 bits per heavy atom. The molecule has 0 saturated carbocycles. The first-order chi connectivity index (χ1) is 14.7. The average molecular weight is 406 g/mol. The van der Waals surface area contributed by atoms with Crippen LogP contribution in [0.4, 0.5) is 0 Å². The molecular formula is C25H14N2O2S. The van der Waals surface area contributed by atoms with E-state index in [1.54, 1.807) is 17.5 Å². The molecule has 5 heteroatoms. The van der Waals surface area contributed by atoms with E-state index in [0.29, 0.717) is 27.4 Å². The average Bonchev–Trinajstić information content (AvgIpc) is 3.27. The van der Waals surface area contributed by atoms with Crippen molar-refractivity contribution in [3.8, 4) is 17.3 Å². The maximum absolute atomic E-state index is 12.4. The number of rotatable bonds is 3. The van der Waals surface area contributed by atoms with E-state index < -0.39 is 5.63 Å². The zero-order chi connectivity index (χ0) is 20.5. The van der Waals surface area contributed by atoms with Crippen molar-refractivity contribution in [2.75, 3.05) is 0 Å². The van der Waals surface area contributed by atoms with Crippen LogP contribution >= 0.6 is 11.3 Å². The quantitative estimate of drug-likeness (QED) is 0.267. The van der Waals surface area contributed by atoms with E-state index in [1.807, 2.05) is 66.7 Å². The second kappa shape index (κ2) is 7.43. The van der Waals surface area contributed by atoms with Gasteiger partial charge in [0.05, 0.1) is 16.8 Å². The van der Waals surface area contributed by atoms with E-state index in [4.69, 9.17) is 4.42 Å². The molecule has 0 fully saturated rings. The first kappa shape index (κ1) is 18.0.